The van der Waals surface area contributed by atoms with Crippen molar-refractivity contribution < 1.29 is 4.79 Å². The van der Waals surface area contributed by atoms with E-state index in [4.69, 9.17) is 11.6 Å². The number of rotatable bonds is 5. The molecule has 98 valence electrons. The van der Waals surface area contributed by atoms with Gasteiger partial charge >= 0.3 is 0 Å². The van der Waals surface area contributed by atoms with Crippen molar-refractivity contribution in [3.8, 4) is 0 Å². The predicted molar refractivity (Wildman–Crippen MR) is 75.3 cm³/mol. The summed E-state index contributed by atoms with van der Waals surface area (Å²) in [4.78, 5) is 11.7. The number of halogens is 1. The number of benzene rings is 1. The van der Waals surface area contributed by atoms with E-state index in [-0.39, 0.29) is 5.91 Å². The van der Waals surface area contributed by atoms with Crippen molar-refractivity contribution in [1.82, 2.24) is 15.1 Å². The lowest BCUT2D eigenvalue weighted by Crippen LogP contribution is -2.22. The van der Waals surface area contributed by atoms with Gasteiger partial charge in [0.15, 0.2) is 0 Å². The summed E-state index contributed by atoms with van der Waals surface area (Å²) >= 11 is 6.08. The van der Waals surface area contributed by atoms with Crippen LogP contribution in [0.25, 0.3) is 0 Å². The second-order valence-electron chi connectivity index (χ2n) is 4.02. The SMILES string of the molecule is C=CCNC(=O)c1cnn(Cc2ccccc2Cl)c1. The number of hydrogen-bond acceptors (Lipinski definition) is 2. The minimum absolute atomic E-state index is 0.162. The molecule has 1 aromatic carbocycles. The molecule has 0 aliphatic rings. The van der Waals surface area contributed by atoms with E-state index in [0.717, 1.165) is 5.56 Å². The molecule has 1 amide bonds. The summed E-state index contributed by atoms with van der Waals surface area (Å²) in [5.41, 5.74) is 1.49. The Bertz CT molecular complexity index is 592. The Balaban J connectivity index is 2.07. The third-order valence-electron chi connectivity index (χ3n) is 2.59. The average molecular weight is 276 g/mol. The first-order valence-electron chi connectivity index (χ1n) is 5.85. The van der Waals surface area contributed by atoms with Gasteiger partial charge in [-0.05, 0) is 11.6 Å². The van der Waals surface area contributed by atoms with Gasteiger partial charge < -0.3 is 5.32 Å². The quantitative estimate of drug-likeness (QED) is 0.852. The highest BCUT2D eigenvalue weighted by molar-refractivity contribution is 6.31. The second-order valence-corrected chi connectivity index (χ2v) is 4.42. The van der Waals surface area contributed by atoms with E-state index in [1.807, 2.05) is 24.3 Å². The molecule has 0 unspecified atom stereocenters. The van der Waals surface area contributed by atoms with Crippen LogP contribution in [0.5, 0.6) is 0 Å². The minimum atomic E-state index is -0.162. The summed E-state index contributed by atoms with van der Waals surface area (Å²) in [7, 11) is 0. The van der Waals surface area contributed by atoms with Crippen LogP contribution in [0.2, 0.25) is 5.02 Å². The molecule has 2 rings (SSSR count). The van der Waals surface area contributed by atoms with Crippen molar-refractivity contribution in [1.29, 1.82) is 0 Å². The van der Waals surface area contributed by atoms with Crippen molar-refractivity contribution in [2.45, 2.75) is 6.54 Å². The maximum absolute atomic E-state index is 11.7. The van der Waals surface area contributed by atoms with Gasteiger partial charge in [0.25, 0.3) is 5.91 Å². The molecular weight excluding hydrogens is 262 g/mol. The zero-order chi connectivity index (χ0) is 13.7. The first-order chi connectivity index (χ1) is 9.20. The van der Waals surface area contributed by atoms with E-state index in [9.17, 15) is 4.79 Å². The summed E-state index contributed by atoms with van der Waals surface area (Å²) in [6.07, 6.45) is 4.86. The second kappa shape index (κ2) is 6.20. The van der Waals surface area contributed by atoms with E-state index in [0.29, 0.717) is 23.7 Å². The average Bonchev–Trinajstić information content (AvgIpc) is 2.87. The Morgan fingerprint density at radius 2 is 2.26 bits per heavy atom. The first-order valence-corrected chi connectivity index (χ1v) is 6.23. The molecule has 1 aromatic heterocycles. The monoisotopic (exact) mass is 275 g/mol. The molecule has 1 N–H and O–H groups in total. The van der Waals surface area contributed by atoms with Gasteiger partial charge in [-0.1, -0.05) is 35.9 Å². The van der Waals surface area contributed by atoms with Gasteiger partial charge in [0, 0.05) is 17.8 Å². The Labute approximate surface area is 116 Å². The lowest BCUT2D eigenvalue weighted by Gasteiger charge is -2.03. The molecule has 0 spiro atoms. The Morgan fingerprint density at radius 1 is 1.47 bits per heavy atom. The highest BCUT2D eigenvalue weighted by atomic mass is 35.5. The Morgan fingerprint density at radius 3 is 3.00 bits per heavy atom. The Kier molecular flexibility index (Phi) is 4.36. The Hall–Kier alpha value is -2.07. The summed E-state index contributed by atoms with van der Waals surface area (Å²) in [6.45, 7) is 4.52. The molecule has 0 aliphatic heterocycles. The number of nitrogens with one attached hydrogen (secondary N) is 1. The highest BCUT2D eigenvalue weighted by Crippen LogP contribution is 2.16. The predicted octanol–water partition coefficient (Wildman–Crippen LogP) is 2.50. The molecule has 0 atom stereocenters. The lowest BCUT2D eigenvalue weighted by atomic mass is 10.2. The highest BCUT2D eigenvalue weighted by Gasteiger charge is 2.08. The molecule has 0 bridgehead atoms. The fraction of sp³-hybridized carbons (Fsp3) is 0.143. The van der Waals surface area contributed by atoms with Crippen LogP contribution in [0.1, 0.15) is 15.9 Å². The number of carbonyl (C=O) groups is 1. The molecule has 2 aromatic rings. The molecule has 0 radical (unpaired) electrons. The van der Waals surface area contributed by atoms with E-state index in [2.05, 4.69) is 17.0 Å². The van der Waals surface area contributed by atoms with E-state index < -0.39 is 0 Å². The van der Waals surface area contributed by atoms with Gasteiger partial charge in [0.2, 0.25) is 0 Å². The number of aromatic nitrogens is 2. The molecule has 0 aliphatic carbocycles. The summed E-state index contributed by atoms with van der Waals surface area (Å²) < 4.78 is 1.68. The standard InChI is InChI=1S/C14H14ClN3O/c1-2-7-16-14(19)12-8-17-18(10-12)9-11-5-3-4-6-13(11)15/h2-6,8,10H,1,7,9H2,(H,16,19). The molecule has 5 heteroatoms. The maximum Gasteiger partial charge on any atom is 0.254 e. The third kappa shape index (κ3) is 3.45. The smallest absolute Gasteiger partial charge is 0.254 e. The van der Waals surface area contributed by atoms with Crippen molar-refractivity contribution in [2.24, 2.45) is 0 Å². The number of carbonyl (C=O) groups excluding carboxylic acids is 1. The van der Waals surface area contributed by atoms with E-state index in [1.54, 1.807) is 17.0 Å². The molecule has 0 saturated carbocycles. The molecule has 19 heavy (non-hydrogen) atoms. The minimum Gasteiger partial charge on any atom is -0.348 e. The largest absolute Gasteiger partial charge is 0.348 e. The van der Waals surface area contributed by atoms with Gasteiger partial charge in [0.05, 0.1) is 18.3 Å². The van der Waals surface area contributed by atoms with Gasteiger partial charge in [0.1, 0.15) is 0 Å². The molecule has 4 nitrogen and oxygen atoms in total. The fourth-order valence-electron chi connectivity index (χ4n) is 1.64. The molecule has 0 fully saturated rings. The zero-order valence-corrected chi connectivity index (χ0v) is 11.1. The third-order valence-corrected chi connectivity index (χ3v) is 2.96. The fourth-order valence-corrected chi connectivity index (χ4v) is 1.83. The summed E-state index contributed by atoms with van der Waals surface area (Å²) in [5, 5.41) is 7.54. The van der Waals surface area contributed by atoms with E-state index in [1.165, 1.54) is 6.20 Å². The van der Waals surface area contributed by atoms with Gasteiger partial charge in [-0.15, -0.1) is 6.58 Å². The molecule has 1 heterocycles. The van der Waals surface area contributed by atoms with Crippen LogP contribution in [0.15, 0.2) is 49.3 Å². The zero-order valence-electron chi connectivity index (χ0n) is 10.3. The molecule has 0 saturated heterocycles. The summed E-state index contributed by atoms with van der Waals surface area (Å²) in [6, 6.07) is 7.56. The maximum atomic E-state index is 11.7. The van der Waals surface area contributed by atoms with Crippen LogP contribution >= 0.6 is 11.6 Å². The normalized spacial score (nSPS) is 10.2. The van der Waals surface area contributed by atoms with Crippen LogP contribution < -0.4 is 5.32 Å². The summed E-state index contributed by atoms with van der Waals surface area (Å²) in [5.74, 6) is -0.162. The van der Waals surface area contributed by atoms with Crippen molar-refractivity contribution in [3.63, 3.8) is 0 Å². The van der Waals surface area contributed by atoms with Gasteiger partial charge in [-0.3, -0.25) is 9.48 Å². The lowest BCUT2D eigenvalue weighted by molar-refractivity contribution is 0.0958. The molecular formula is C14H14ClN3O. The van der Waals surface area contributed by atoms with Crippen molar-refractivity contribution in [3.05, 3.63) is 65.5 Å². The topological polar surface area (TPSA) is 46.9 Å². The van der Waals surface area contributed by atoms with Crippen LogP contribution in [0.3, 0.4) is 0 Å². The van der Waals surface area contributed by atoms with Crippen LogP contribution in [-0.2, 0) is 6.54 Å². The van der Waals surface area contributed by atoms with Gasteiger partial charge in [-0.2, -0.15) is 5.10 Å². The number of hydrogen-bond donors (Lipinski definition) is 1. The first kappa shape index (κ1) is 13.4. The van der Waals surface area contributed by atoms with Crippen LogP contribution in [0, 0.1) is 0 Å². The number of nitrogens with zero attached hydrogens (tertiary/aromatic N) is 2. The number of amides is 1. The van der Waals surface area contributed by atoms with Crippen molar-refractivity contribution in [2.75, 3.05) is 6.54 Å². The van der Waals surface area contributed by atoms with Crippen molar-refractivity contribution >= 4 is 17.5 Å². The van der Waals surface area contributed by atoms with Gasteiger partial charge in [-0.25, -0.2) is 0 Å². The van der Waals surface area contributed by atoms with Crippen LogP contribution in [0.4, 0.5) is 0 Å². The van der Waals surface area contributed by atoms with E-state index >= 15 is 0 Å². The van der Waals surface area contributed by atoms with Crippen LogP contribution in [-0.4, -0.2) is 22.2 Å².